The SMILES string of the molecule is Cc1ccc(C(=O)Oc2cccc(OC(=O)c3ccc(C)cc3)c2-c2ccccn2)cc1. The van der Waals surface area contributed by atoms with E-state index in [1.54, 1.807) is 60.8 Å². The van der Waals surface area contributed by atoms with Gasteiger partial charge in [-0.25, -0.2) is 9.59 Å². The van der Waals surface area contributed by atoms with Gasteiger partial charge in [-0.15, -0.1) is 0 Å². The highest BCUT2D eigenvalue weighted by molar-refractivity contribution is 5.94. The molecule has 0 bridgehead atoms. The zero-order chi connectivity index (χ0) is 22.5. The van der Waals surface area contributed by atoms with Crippen molar-refractivity contribution in [2.75, 3.05) is 0 Å². The molecule has 5 nitrogen and oxygen atoms in total. The third kappa shape index (κ3) is 4.73. The third-order valence-electron chi connectivity index (χ3n) is 4.89. The van der Waals surface area contributed by atoms with Crippen LogP contribution in [0.4, 0.5) is 0 Å². The standard InChI is InChI=1S/C27H21NO4/c1-18-9-13-20(14-10-18)26(29)31-23-7-5-8-24(25(23)22-6-3-4-17-28-22)32-27(30)21-15-11-19(2)12-16-21/h3-17H,1-2H3. The minimum atomic E-state index is -0.510. The Bertz CT molecular complexity index is 1170. The number of esters is 2. The lowest BCUT2D eigenvalue weighted by Crippen LogP contribution is -2.12. The van der Waals surface area contributed by atoms with Gasteiger partial charge in [0.05, 0.1) is 22.4 Å². The summed E-state index contributed by atoms with van der Waals surface area (Å²) in [5, 5.41) is 0. The molecule has 3 aromatic carbocycles. The Balaban J connectivity index is 1.70. The number of aromatic nitrogens is 1. The maximum atomic E-state index is 12.7. The van der Waals surface area contributed by atoms with Crippen LogP contribution < -0.4 is 9.47 Å². The van der Waals surface area contributed by atoms with E-state index in [1.165, 1.54) is 0 Å². The lowest BCUT2D eigenvalue weighted by Gasteiger charge is -2.14. The van der Waals surface area contributed by atoms with Crippen LogP contribution in [0.25, 0.3) is 11.3 Å². The summed E-state index contributed by atoms with van der Waals surface area (Å²) in [5.74, 6) is -0.514. The first-order valence-corrected chi connectivity index (χ1v) is 10.1. The summed E-state index contributed by atoms with van der Waals surface area (Å²) in [4.78, 5) is 29.9. The Labute approximate surface area is 186 Å². The maximum Gasteiger partial charge on any atom is 0.343 e. The molecule has 1 heterocycles. The van der Waals surface area contributed by atoms with E-state index in [4.69, 9.17) is 9.47 Å². The van der Waals surface area contributed by atoms with E-state index in [1.807, 2.05) is 44.2 Å². The fraction of sp³-hybridized carbons (Fsp3) is 0.0741. The number of benzene rings is 3. The largest absolute Gasteiger partial charge is 0.422 e. The second-order valence-electron chi connectivity index (χ2n) is 7.36. The highest BCUT2D eigenvalue weighted by atomic mass is 16.5. The molecule has 32 heavy (non-hydrogen) atoms. The minimum absolute atomic E-state index is 0.253. The molecule has 0 saturated heterocycles. The lowest BCUT2D eigenvalue weighted by atomic mass is 10.1. The van der Waals surface area contributed by atoms with Crippen LogP contribution in [0.1, 0.15) is 31.8 Å². The number of carbonyl (C=O) groups is 2. The molecule has 0 aliphatic heterocycles. The van der Waals surface area contributed by atoms with E-state index in [-0.39, 0.29) is 11.5 Å². The van der Waals surface area contributed by atoms with Gasteiger partial charge < -0.3 is 9.47 Å². The van der Waals surface area contributed by atoms with Crippen molar-refractivity contribution < 1.29 is 19.1 Å². The molecular formula is C27H21NO4. The summed E-state index contributed by atoms with van der Waals surface area (Å²) in [6.07, 6.45) is 1.62. The smallest absolute Gasteiger partial charge is 0.343 e. The normalized spacial score (nSPS) is 10.4. The first-order chi connectivity index (χ1) is 15.5. The van der Waals surface area contributed by atoms with Gasteiger partial charge in [-0.1, -0.05) is 47.5 Å². The predicted molar refractivity (Wildman–Crippen MR) is 122 cm³/mol. The van der Waals surface area contributed by atoms with E-state index >= 15 is 0 Å². The molecule has 1 aromatic heterocycles. The summed E-state index contributed by atoms with van der Waals surface area (Å²) >= 11 is 0. The van der Waals surface area contributed by atoms with Gasteiger partial charge in [0.2, 0.25) is 0 Å². The average molecular weight is 423 g/mol. The van der Waals surface area contributed by atoms with Crippen LogP contribution in [0.5, 0.6) is 11.5 Å². The number of pyridine rings is 1. The van der Waals surface area contributed by atoms with Crippen molar-refractivity contribution in [3.63, 3.8) is 0 Å². The molecular weight excluding hydrogens is 402 g/mol. The van der Waals surface area contributed by atoms with Crippen molar-refractivity contribution >= 4 is 11.9 Å². The van der Waals surface area contributed by atoms with Gasteiger partial charge in [-0.2, -0.15) is 0 Å². The Hall–Kier alpha value is -4.25. The monoisotopic (exact) mass is 423 g/mol. The second kappa shape index (κ2) is 9.27. The minimum Gasteiger partial charge on any atom is -0.422 e. The van der Waals surface area contributed by atoms with Crippen molar-refractivity contribution in [2.24, 2.45) is 0 Å². The molecule has 0 unspecified atom stereocenters. The lowest BCUT2D eigenvalue weighted by molar-refractivity contribution is 0.0734. The molecule has 0 N–H and O–H groups in total. The first kappa shape index (κ1) is 21.0. The Morgan fingerprint density at radius 3 is 1.56 bits per heavy atom. The van der Waals surface area contributed by atoms with E-state index in [0.29, 0.717) is 22.4 Å². The molecule has 0 saturated carbocycles. The summed E-state index contributed by atoms with van der Waals surface area (Å²) in [6, 6.07) is 24.5. The summed E-state index contributed by atoms with van der Waals surface area (Å²) in [7, 11) is 0. The fourth-order valence-corrected chi connectivity index (χ4v) is 3.14. The summed E-state index contributed by atoms with van der Waals surface area (Å²) in [5.41, 5.74) is 3.87. The number of carbonyl (C=O) groups excluding carboxylic acids is 2. The Morgan fingerprint density at radius 1 is 0.625 bits per heavy atom. The van der Waals surface area contributed by atoms with E-state index < -0.39 is 11.9 Å². The van der Waals surface area contributed by atoms with Crippen LogP contribution in [0, 0.1) is 13.8 Å². The van der Waals surface area contributed by atoms with Gasteiger partial charge in [0.15, 0.2) is 0 Å². The van der Waals surface area contributed by atoms with Crippen LogP contribution in [0.3, 0.4) is 0 Å². The number of nitrogens with zero attached hydrogens (tertiary/aromatic N) is 1. The predicted octanol–water partition coefficient (Wildman–Crippen LogP) is 5.80. The van der Waals surface area contributed by atoms with Crippen LogP contribution in [-0.4, -0.2) is 16.9 Å². The van der Waals surface area contributed by atoms with Crippen molar-refractivity contribution in [1.29, 1.82) is 0 Å². The number of aryl methyl sites for hydroxylation is 2. The zero-order valence-electron chi connectivity index (χ0n) is 17.7. The van der Waals surface area contributed by atoms with Crippen molar-refractivity contribution in [3.05, 3.63) is 113 Å². The van der Waals surface area contributed by atoms with E-state index in [2.05, 4.69) is 4.98 Å². The number of hydrogen-bond acceptors (Lipinski definition) is 5. The summed E-state index contributed by atoms with van der Waals surface area (Å²) in [6.45, 7) is 3.89. The van der Waals surface area contributed by atoms with Crippen LogP contribution in [-0.2, 0) is 0 Å². The second-order valence-corrected chi connectivity index (χ2v) is 7.36. The maximum absolute atomic E-state index is 12.7. The van der Waals surface area contributed by atoms with Crippen molar-refractivity contribution in [2.45, 2.75) is 13.8 Å². The number of ether oxygens (including phenoxy) is 2. The molecule has 0 fully saturated rings. The van der Waals surface area contributed by atoms with Gasteiger partial charge in [-0.05, 0) is 62.4 Å². The van der Waals surface area contributed by atoms with Gasteiger partial charge in [0.1, 0.15) is 11.5 Å². The summed E-state index contributed by atoms with van der Waals surface area (Å²) < 4.78 is 11.4. The molecule has 4 rings (SSSR count). The average Bonchev–Trinajstić information content (AvgIpc) is 2.80. The first-order valence-electron chi connectivity index (χ1n) is 10.1. The molecule has 0 aliphatic carbocycles. The molecule has 0 radical (unpaired) electrons. The zero-order valence-corrected chi connectivity index (χ0v) is 17.7. The van der Waals surface area contributed by atoms with Crippen LogP contribution in [0.2, 0.25) is 0 Å². The molecule has 0 spiro atoms. The van der Waals surface area contributed by atoms with E-state index in [0.717, 1.165) is 11.1 Å². The molecule has 158 valence electrons. The topological polar surface area (TPSA) is 65.5 Å². The Kier molecular flexibility index (Phi) is 6.08. The van der Waals surface area contributed by atoms with Crippen LogP contribution in [0.15, 0.2) is 91.1 Å². The van der Waals surface area contributed by atoms with Gasteiger partial charge in [-0.3, -0.25) is 4.98 Å². The van der Waals surface area contributed by atoms with Gasteiger partial charge in [0, 0.05) is 6.20 Å². The molecule has 5 heteroatoms. The molecule has 0 amide bonds. The van der Waals surface area contributed by atoms with Gasteiger partial charge in [0.25, 0.3) is 0 Å². The highest BCUT2D eigenvalue weighted by Crippen LogP contribution is 2.38. The van der Waals surface area contributed by atoms with Crippen LogP contribution >= 0.6 is 0 Å². The number of hydrogen-bond donors (Lipinski definition) is 0. The van der Waals surface area contributed by atoms with Crippen molar-refractivity contribution in [1.82, 2.24) is 4.98 Å². The molecule has 0 aliphatic rings. The molecule has 4 aromatic rings. The Morgan fingerprint density at radius 2 is 1.12 bits per heavy atom. The highest BCUT2D eigenvalue weighted by Gasteiger charge is 2.20. The van der Waals surface area contributed by atoms with E-state index in [9.17, 15) is 9.59 Å². The quantitative estimate of drug-likeness (QED) is 0.300. The third-order valence-corrected chi connectivity index (χ3v) is 4.89. The van der Waals surface area contributed by atoms with Gasteiger partial charge >= 0.3 is 11.9 Å². The number of rotatable bonds is 5. The van der Waals surface area contributed by atoms with Crippen molar-refractivity contribution in [3.8, 4) is 22.8 Å². The fourth-order valence-electron chi connectivity index (χ4n) is 3.14. The molecule has 0 atom stereocenters.